The highest BCUT2D eigenvalue weighted by Gasteiger charge is 2.22. The first-order valence-corrected chi connectivity index (χ1v) is 7.96. The minimum absolute atomic E-state index is 0.0341. The first-order valence-electron chi connectivity index (χ1n) is 7.96. The van der Waals surface area contributed by atoms with Crippen LogP contribution in [0.4, 0.5) is 4.79 Å². The van der Waals surface area contributed by atoms with Crippen molar-refractivity contribution in [3.63, 3.8) is 0 Å². The lowest BCUT2D eigenvalue weighted by atomic mass is 9.88. The summed E-state index contributed by atoms with van der Waals surface area (Å²) in [6.45, 7) is 17.9. The second-order valence-electron chi connectivity index (χ2n) is 8.26. The van der Waals surface area contributed by atoms with E-state index in [-0.39, 0.29) is 29.1 Å². The van der Waals surface area contributed by atoms with Crippen LogP contribution < -0.4 is 5.32 Å². The molecular formula is C17H35NO3. The zero-order valence-corrected chi connectivity index (χ0v) is 15.2. The largest absolute Gasteiger partial charge is 0.449 e. The summed E-state index contributed by atoms with van der Waals surface area (Å²) in [5, 5.41) is 2.73. The van der Waals surface area contributed by atoms with Crippen LogP contribution in [0.2, 0.25) is 0 Å². The molecular weight excluding hydrogens is 266 g/mol. The molecule has 0 saturated carbocycles. The summed E-state index contributed by atoms with van der Waals surface area (Å²) in [5.74, 6) is 0. The summed E-state index contributed by atoms with van der Waals surface area (Å²) in [7, 11) is 0. The lowest BCUT2D eigenvalue weighted by Gasteiger charge is -2.27. The molecule has 0 radical (unpaired) electrons. The van der Waals surface area contributed by atoms with Crippen LogP contribution in [-0.2, 0) is 9.47 Å². The van der Waals surface area contributed by atoms with Crippen molar-refractivity contribution >= 4 is 6.09 Å². The number of alkyl carbamates (subject to hydrolysis) is 1. The summed E-state index contributed by atoms with van der Waals surface area (Å²) in [5.41, 5.74) is 0.162. The van der Waals surface area contributed by atoms with Crippen LogP contribution in [0.25, 0.3) is 0 Å². The third kappa shape index (κ3) is 12.7. The van der Waals surface area contributed by atoms with Crippen molar-refractivity contribution in [2.45, 2.75) is 80.4 Å². The standard InChI is InChI=1S/C17H35NO3/c1-13(2)18-15(19)21-12-17(7,8)10-9-14(3)20-11-16(4,5)6/h13-14H,9-12H2,1-8H3,(H,18,19). The number of hydrogen-bond acceptors (Lipinski definition) is 3. The van der Waals surface area contributed by atoms with Gasteiger partial charge in [-0.05, 0) is 44.4 Å². The van der Waals surface area contributed by atoms with Crippen LogP contribution in [-0.4, -0.2) is 31.5 Å². The molecule has 4 nitrogen and oxygen atoms in total. The molecule has 0 aromatic carbocycles. The molecule has 0 aliphatic carbocycles. The molecule has 4 heteroatoms. The van der Waals surface area contributed by atoms with Gasteiger partial charge >= 0.3 is 6.09 Å². The predicted octanol–water partition coefficient (Wildman–Crippen LogP) is 4.38. The van der Waals surface area contributed by atoms with Crippen molar-refractivity contribution in [3.8, 4) is 0 Å². The smallest absolute Gasteiger partial charge is 0.407 e. The molecule has 1 N–H and O–H groups in total. The number of amides is 1. The van der Waals surface area contributed by atoms with Crippen LogP contribution in [0.3, 0.4) is 0 Å². The van der Waals surface area contributed by atoms with Gasteiger partial charge in [-0.3, -0.25) is 0 Å². The fourth-order valence-corrected chi connectivity index (χ4v) is 1.68. The Morgan fingerprint density at radius 1 is 1.05 bits per heavy atom. The van der Waals surface area contributed by atoms with E-state index in [1.807, 2.05) is 13.8 Å². The molecule has 21 heavy (non-hydrogen) atoms. The zero-order valence-electron chi connectivity index (χ0n) is 15.2. The van der Waals surface area contributed by atoms with Crippen molar-refractivity contribution < 1.29 is 14.3 Å². The molecule has 0 spiro atoms. The van der Waals surface area contributed by atoms with E-state index in [9.17, 15) is 4.79 Å². The minimum atomic E-state index is -0.338. The Bertz CT molecular complexity index is 306. The molecule has 0 bridgehead atoms. The van der Waals surface area contributed by atoms with Gasteiger partial charge in [-0.15, -0.1) is 0 Å². The number of carbonyl (C=O) groups is 1. The highest BCUT2D eigenvalue weighted by atomic mass is 16.5. The van der Waals surface area contributed by atoms with Crippen LogP contribution in [0.5, 0.6) is 0 Å². The first kappa shape index (κ1) is 20.2. The Balaban J connectivity index is 3.98. The van der Waals surface area contributed by atoms with E-state index < -0.39 is 0 Å². The van der Waals surface area contributed by atoms with E-state index in [0.29, 0.717) is 6.61 Å². The molecule has 0 fully saturated rings. The van der Waals surface area contributed by atoms with Crippen molar-refractivity contribution in [1.29, 1.82) is 0 Å². The van der Waals surface area contributed by atoms with Gasteiger partial charge in [0.15, 0.2) is 0 Å². The lowest BCUT2D eigenvalue weighted by molar-refractivity contribution is 0.00461. The Morgan fingerprint density at radius 3 is 2.10 bits per heavy atom. The zero-order chi connectivity index (χ0) is 16.7. The normalized spacial score (nSPS) is 14.1. The fourth-order valence-electron chi connectivity index (χ4n) is 1.68. The van der Waals surface area contributed by atoms with Gasteiger partial charge in [0.2, 0.25) is 0 Å². The maximum Gasteiger partial charge on any atom is 0.407 e. The molecule has 1 unspecified atom stereocenters. The molecule has 0 saturated heterocycles. The number of nitrogens with one attached hydrogen (secondary N) is 1. The average Bonchev–Trinajstić information content (AvgIpc) is 2.30. The van der Waals surface area contributed by atoms with E-state index in [0.717, 1.165) is 19.4 Å². The van der Waals surface area contributed by atoms with Gasteiger partial charge in [0.25, 0.3) is 0 Å². The van der Waals surface area contributed by atoms with Gasteiger partial charge in [0.05, 0.1) is 19.3 Å². The van der Waals surface area contributed by atoms with E-state index in [2.05, 4.69) is 46.9 Å². The summed E-state index contributed by atoms with van der Waals surface area (Å²) >= 11 is 0. The molecule has 0 aliphatic heterocycles. The number of hydrogen-bond donors (Lipinski definition) is 1. The third-order valence-electron chi connectivity index (χ3n) is 3.03. The molecule has 0 aliphatic rings. The number of carbonyl (C=O) groups excluding carboxylic acids is 1. The summed E-state index contributed by atoms with van der Waals surface area (Å²) in [4.78, 5) is 11.5. The predicted molar refractivity (Wildman–Crippen MR) is 87.5 cm³/mol. The maximum atomic E-state index is 11.5. The van der Waals surface area contributed by atoms with Gasteiger partial charge in [0, 0.05) is 6.04 Å². The Hall–Kier alpha value is -0.770. The van der Waals surface area contributed by atoms with Crippen LogP contribution >= 0.6 is 0 Å². The van der Waals surface area contributed by atoms with E-state index >= 15 is 0 Å². The Labute approximate surface area is 131 Å². The summed E-state index contributed by atoms with van der Waals surface area (Å²) < 4.78 is 11.1. The molecule has 126 valence electrons. The van der Waals surface area contributed by atoms with Gasteiger partial charge < -0.3 is 14.8 Å². The topological polar surface area (TPSA) is 47.6 Å². The quantitative estimate of drug-likeness (QED) is 0.724. The fraction of sp³-hybridized carbons (Fsp3) is 0.941. The molecule has 1 amide bonds. The summed E-state index contributed by atoms with van der Waals surface area (Å²) in [6, 6.07) is 0.103. The average molecular weight is 301 g/mol. The SMILES string of the molecule is CC(C)NC(=O)OCC(C)(C)CCC(C)OCC(C)(C)C. The van der Waals surface area contributed by atoms with Crippen molar-refractivity contribution in [2.24, 2.45) is 10.8 Å². The second kappa shape index (κ2) is 8.62. The monoisotopic (exact) mass is 301 g/mol. The van der Waals surface area contributed by atoms with E-state index in [1.54, 1.807) is 0 Å². The number of rotatable bonds is 8. The van der Waals surface area contributed by atoms with Crippen LogP contribution in [0.1, 0.15) is 68.2 Å². The van der Waals surface area contributed by atoms with E-state index in [4.69, 9.17) is 9.47 Å². The Morgan fingerprint density at radius 2 is 1.62 bits per heavy atom. The van der Waals surface area contributed by atoms with E-state index in [1.165, 1.54) is 0 Å². The maximum absolute atomic E-state index is 11.5. The first-order chi connectivity index (χ1) is 9.41. The van der Waals surface area contributed by atoms with Gasteiger partial charge in [-0.25, -0.2) is 4.79 Å². The highest BCUT2D eigenvalue weighted by molar-refractivity contribution is 5.67. The van der Waals surface area contributed by atoms with Crippen LogP contribution in [0.15, 0.2) is 0 Å². The van der Waals surface area contributed by atoms with Crippen LogP contribution in [0, 0.1) is 10.8 Å². The van der Waals surface area contributed by atoms with Crippen molar-refractivity contribution in [1.82, 2.24) is 5.32 Å². The Kier molecular flexibility index (Phi) is 8.30. The van der Waals surface area contributed by atoms with Crippen molar-refractivity contribution in [3.05, 3.63) is 0 Å². The van der Waals surface area contributed by atoms with Gasteiger partial charge in [-0.1, -0.05) is 34.6 Å². The summed E-state index contributed by atoms with van der Waals surface area (Å²) in [6.07, 6.45) is 1.83. The third-order valence-corrected chi connectivity index (χ3v) is 3.03. The molecule has 0 aromatic rings. The second-order valence-corrected chi connectivity index (χ2v) is 8.26. The van der Waals surface area contributed by atoms with Crippen molar-refractivity contribution in [2.75, 3.05) is 13.2 Å². The molecule has 1 atom stereocenters. The molecule has 0 heterocycles. The van der Waals surface area contributed by atoms with Gasteiger partial charge in [-0.2, -0.15) is 0 Å². The highest BCUT2D eigenvalue weighted by Crippen LogP contribution is 2.25. The lowest BCUT2D eigenvalue weighted by Crippen LogP contribution is -2.33. The molecule has 0 aromatic heterocycles. The molecule has 0 rings (SSSR count). The number of ether oxygens (including phenoxy) is 2. The minimum Gasteiger partial charge on any atom is -0.449 e. The van der Waals surface area contributed by atoms with Gasteiger partial charge in [0.1, 0.15) is 0 Å².